The van der Waals surface area contributed by atoms with Crippen molar-refractivity contribution in [3.63, 3.8) is 0 Å². The molecule has 0 heterocycles. The van der Waals surface area contributed by atoms with Gasteiger partial charge in [-0.15, -0.1) is 0 Å². The Balaban J connectivity index is 2.67. The van der Waals surface area contributed by atoms with Gasteiger partial charge in [0.05, 0.1) is 0 Å². The molecule has 0 spiro atoms. The van der Waals surface area contributed by atoms with Gasteiger partial charge in [-0.1, -0.05) is 30.7 Å². The summed E-state index contributed by atoms with van der Waals surface area (Å²) in [6.45, 7) is 4.63. The zero-order valence-electron chi connectivity index (χ0n) is 9.49. The number of carbonyl (C=O) groups excluding carboxylic acids is 1. The number of benzene rings is 1. The topological polar surface area (TPSA) is 43.1 Å². The summed E-state index contributed by atoms with van der Waals surface area (Å²) < 4.78 is 0. The number of nitrogens with two attached hydrogens (primary N) is 1. The van der Waals surface area contributed by atoms with Crippen LogP contribution >= 0.6 is 0 Å². The van der Waals surface area contributed by atoms with Crippen molar-refractivity contribution in [2.45, 2.75) is 26.7 Å². The summed E-state index contributed by atoms with van der Waals surface area (Å²) in [6.07, 6.45) is 1.79. The van der Waals surface area contributed by atoms with Crippen LogP contribution in [0.15, 0.2) is 24.3 Å². The van der Waals surface area contributed by atoms with Gasteiger partial charge in [0.2, 0.25) is 0 Å². The Morgan fingerprint density at radius 2 is 2.20 bits per heavy atom. The summed E-state index contributed by atoms with van der Waals surface area (Å²) in [5.41, 5.74) is 7.38. The third-order valence-corrected chi connectivity index (χ3v) is 2.59. The lowest BCUT2D eigenvalue weighted by atomic mass is 9.94. The highest BCUT2D eigenvalue weighted by Gasteiger charge is 2.14. The van der Waals surface area contributed by atoms with Crippen molar-refractivity contribution in [2.75, 3.05) is 6.54 Å². The summed E-state index contributed by atoms with van der Waals surface area (Å²) in [5, 5.41) is 0. The van der Waals surface area contributed by atoms with Gasteiger partial charge < -0.3 is 5.73 Å². The van der Waals surface area contributed by atoms with Crippen LogP contribution in [-0.2, 0) is 0 Å². The number of carbonyl (C=O) groups is 1. The summed E-state index contributed by atoms with van der Waals surface area (Å²) >= 11 is 0. The first-order valence-electron chi connectivity index (χ1n) is 5.46. The Labute approximate surface area is 91.5 Å². The predicted octanol–water partition coefficient (Wildman–Crippen LogP) is 2.55. The average molecular weight is 205 g/mol. The molecule has 1 aromatic rings. The standard InChI is InChI=1S/C13H19NO/c1-10-5-3-7-12(9-10)13(15)11(2)6-4-8-14/h3,5,7,9,11H,4,6,8,14H2,1-2H3. The fourth-order valence-electron chi connectivity index (χ4n) is 1.64. The number of hydrogen-bond donors (Lipinski definition) is 1. The van der Waals surface area contributed by atoms with E-state index in [9.17, 15) is 4.79 Å². The summed E-state index contributed by atoms with van der Waals surface area (Å²) in [6, 6.07) is 7.76. The van der Waals surface area contributed by atoms with E-state index in [2.05, 4.69) is 0 Å². The Kier molecular flexibility index (Phi) is 4.50. The van der Waals surface area contributed by atoms with E-state index in [-0.39, 0.29) is 11.7 Å². The van der Waals surface area contributed by atoms with Crippen LogP contribution in [0, 0.1) is 12.8 Å². The van der Waals surface area contributed by atoms with Gasteiger partial charge in [0, 0.05) is 11.5 Å². The van der Waals surface area contributed by atoms with Crippen molar-refractivity contribution in [1.29, 1.82) is 0 Å². The lowest BCUT2D eigenvalue weighted by Crippen LogP contribution is -2.13. The van der Waals surface area contributed by atoms with Crippen molar-refractivity contribution in [3.05, 3.63) is 35.4 Å². The number of aryl methyl sites for hydroxylation is 1. The van der Waals surface area contributed by atoms with E-state index in [0.29, 0.717) is 6.54 Å². The van der Waals surface area contributed by atoms with Gasteiger partial charge in [0.1, 0.15) is 0 Å². The largest absolute Gasteiger partial charge is 0.330 e. The van der Waals surface area contributed by atoms with Gasteiger partial charge in [-0.05, 0) is 32.4 Å². The molecule has 1 atom stereocenters. The third-order valence-electron chi connectivity index (χ3n) is 2.59. The third kappa shape index (κ3) is 3.48. The minimum absolute atomic E-state index is 0.0790. The summed E-state index contributed by atoms with van der Waals surface area (Å²) in [7, 11) is 0. The quantitative estimate of drug-likeness (QED) is 0.751. The van der Waals surface area contributed by atoms with Crippen LogP contribution < -0.4 is 5.73 Å². The molecule has 15 heavy (non-hydrogen) atoms. The van der Waals surface area contributed by atoms with Crippen LogP contribution in [0.2, 0.25) is 0 Å². The van der Waals surface area contributed by atoms with Crippen molar-refractivity contribution in [3.8, 4) is 0 Å². The monoisotopic (exact) mass is 205 g/mol. The van der Waals surface area contributed by atoms with Crippen LogP contribution in [0.1, 0.15) is 35.7 Å². The Morgan fingerprint density at radius 3 is 2.80 bits per heavy atom. The first-order valence-corrected chi connectivity index (χ1v) is 5.46. The number of Topliss-reactive ketones (excluding diaryl/α,β-unsaturated/α-hetero) is 1. The highest BCUT2D eigenvalue weighted by atomic mass is 16.1. The minimum Gasteiger partial charge on any atom is -0.330 e. The Hall–Kier alpha value is -1.15. The van der Waals surface area contributed by atoms with E-state index in [1.165, 1.54) is 0 Å². The Bertz CT molecular complexity index is 333. The van der Waals surface area contributed by atoms with Crippen LogP contribution in [0.25, 0.3) is 0 Å². The molecule has 0 aliphatic carbocycles. The van der Waals surface area contributed by atoms with E-state index in [4.69, 9.17) is 5.73 Å². The van der Waals surface area contributed by atoms with Gasteiger partial charge in [-0.2, -0.15) is 0 Å². The normalized spacial score (nSPS) is 12.5. The molecule has 2 heteroatoms. The molecule has 1 aromatic carbocycles. The molecule has 82 valence electrons. The molecule has 0 radical (unpaired) electrons. The van der Waals surface area contributed by atoms with Crippen LogP contribution in [0.4, 0.5) is 0 Å². The van der Waals surface area contributed by atoms with Gasteiger partial charge in [0.25, 0.3) is 0 Å². The molecule has 0 aliphatic rings. The minimum atomic E-state index is 0.0790. The van der Waals surface area contributed by atoms with Gasteiger partial charge in [0.15, 0.2) is 5.78 Å². The van der Waals surface area contributed by atoms with Gasteiger partial charge >= 0.3 is 0 Å². The second-order valence-electron chi connectivity index (χ2n) is 4.07. The molecule has 0 fully saturated rings. The molecular formula is C13H19NO. The second-order valence-corrected chi connectivity index (χ2v) is 4.07. The molecule has 1 rings (SSSR count). The molecule has 2 N–H and O–H groups in total. The summed E-state index contributed by atoms with van der Waals surface area (Å²) in [5.74, 6) is 0.308. The SMILES string of the molecule is Cc1cccc(C(=O)C(C)CCCN)c1. The van der Waals surface area contributed by atoms with E-state index in [1.54, 1.807) is 0 Å². The van der Waals surface area contributed by atoms with Crippen molar-refractivity contribution >= 4 is 5.78 Å². The molecule has 0 amide bonds. The Morgan fingerprint density at radius 1 is 1.47 bits per heavy atom. The average Bonchev–Trinajstić information content (AvgIpc) is 2.24. The van der Waals surface area contributed by atoms with Crippen LogP contribution in [-0.4, -0.2) is 12.3 Å². The van der Waals surface area contributed by atoms with Gasteiger partial charge in [-0.25, -0.2) is 0 Å². The maximum atomic E-state index is 12.0. The van der Waals surface area contributed by atoms with E-state index >= 15 is 0 Å². The molecule has 0 saturated carbocycles. The maximum absolute atomic E-state index is 12.0. The maximum Gasteiger partial charge on any atom is 0.165 e. The van der Waals surface area contributed by atoms with Crippen LogP contribution in [0.5, 0.6) is 0 Å². The fraction of sp³-hybridized carbons (Fsp3) is 0.462. The smallest absolute Gasteiger partial charge is 0.165 e. The van der Waals surface area contributed by atoms with Crippen molar-refractivity contribution < 1.29 is 4.79 Å². The highest BCUT2D eigenvalue weighted by Crippen LogP contribution is 2.14. The van der Waals surface area contributed by atoms with Crippen LogP contribution in [0.3, 0.4) is 0 Å². The van der Waals surface area contributed by atoms with E-state index in [0.717, 1.165) is 24.0 Å². The molecule has 0 saturated heterocycles. The lowest BCUT2D eigenvalue weighted by Gasteiger charge is -2.09. The number of rotatable bonds is 5. The van der Waals surface area contributed by atoms with Crippen molar-refractivity contribution in [1.82, 2.24) is 0 Å². The first kappa shape index (κ1) is 11.9. The zero-order valence-corrected chi connectivity index (χ0v) is 9.49. The van der Waals surface area contributed by atoms with E-state index < -0.39 is 0 Å². The lowest BCUT2D eigenvalue weighted by molar-refractivity contribution is 0.0923. The first-order chi connectivity index (χ1) is 7.15. The molecule has 0 aliphatic heterocycles. The molecule has 1 unspecified atom stereocenters. The van der Waals surface area contributed by atoms with Crippen molar-refractivity contribution in [2.24, 2.45) is 11.7 Å². The number of hydrogen-bond acceptors (Lipinski definition) is 2. The number of ketones is 1. The highest BCUT2D eigenvalue weighted by molar-refractivity contribution is 5.97. The summed E-state index contributed by atoms with van der Waals surface area (Å²) in [4.78, 5) is 12.0. The molecule has 2 nitrogen and oxygen atoms in total. The predicted molar refractivity (Wildman–Crippen MR) is 63.0 cm³/mol. The van der Waals surface area contributed by atoms with Gasteiger partial charge in [-0.3, -0.25) is 4.79 Å². The van der Waals surface area contributed by atoms with E-state index in [1.807, 2.05) is 38.1 Å². The molecule has 0 aromatic heterocycles. The molecular weight excluding hydrogens is 186 g/mol. The fourth-order valence-corrected chi connectivity index (χ4v) is 1.64. The molecule has 0 bridgehead atoms. The zero-order chi connectivity index (χ0) is 11.3. The second kappa shape index (κ2) is 5.66.